The minimum Gasteiger partial charge on any atom is -0.321 e. The summed E-state index contributed by atoms with van der Waals surface area (Å²) in [5, 5.41) is 15.5. The van der Waals surface area contributed by atoms with Gasteiger partial charge < -0.3 is 9.88 Å². The predicted octanol–water partition coefficient (Wildman–Crippen LogP) is 3.59. The summed E-state index contributed by atoms with van der Waals surface area (Å²) in [4.78, 5) is 17.3. The van der Waals surface area contributed by atoms with E-state index >= 15 is 0 Å². The number of aryl methyl sites for hydroxylation is 3. The largest absolute Gasteiger partial charge is 0.321 e. The van der Waals surface area contributed by atoms with Crippen LogP contribution in [0.5, 0.6) is 0 Å². The van der Waals surface area contributed by atoms with Gasteiger partial charge in [-0.25, -0.2) is 9.67 Å². The van der Waals surface area contributed by atoms with Crippen molar-refractivity contribution in [1.82, 2.24) is 29.5 Å². The molecule has 4 aromatic rings. The quantitative estimate of drug-likeness (QED) is 0.558. The molecule has 0 spiro atoms. The van der Waals surface area contributed by atoms with Crippen molar-refractivity contribution in [3.8, 4) is 17.2 Å². The second-order valence-electron chi connectivity index (χ2n) is 6.64. The molecule has 0 fully saturated rings. The van der Waals surface area contributed by atoms with Crippen LogP contribution in [0.2, 0.25) is 5.02 Å². The monoisotopic (exact) mass is 407 g/mol. The lowest BCUT2D eigenvalue weighted by atomic mass is 10.2. The highest BCUT2D eigenvalue weighted by Gasteiger charge is 2.16. The average molecular weight is 408 g/mol. The first kappa shape index (κ1) is 18.8. The van der Waals surface area contributed by atoms with Gasteiger partial charge in [0.15, 0.2) is 11.6 Å². The van der Waals surface area contributed by atoms with Crippen molar-refractivity contribution >= 4 is 23.2 Å². The molecule has 0 aliphatic rings. The van der Waals surface area contributed by atoms with E-state index in [1.807, 2.05) is 45.2 Å². The Morgan fingerprint density at radius 2 is 1.97 bits per heavy atom. The molecule has 3 heterocycles. The van der Waals surface area contributed by atoms with Crippen LogP contribution >= 0.6 is 11.6 Å². The van der Waals surface area contributed by atoms with Crippen LogP contribution in [-0.4, -0.2) is 35.4 Å². The molecular formula is C20H18ClN7O. The summed E-state index contributed by atoms with van der Waals surface area (Å²) in [6.07, 6.45) is 1.62. The molecule has 0 atom stereocenters. The summed E-state index contributed by atoms with van der Waals surface area (Å²) in [6.45, 7) is 3.82. The number of hydrogen-bond donors (Lipinski definition) is 1. The Kier molecular flexibility index (Phi) is 4.85. The molecule has 0 aliphatic heterocycles. The maximum Gasteiger partial charge on any atom is 0.275 e. The van der Waals surface area contributed by atoms with Crippen LogP contribution in [0.15, 0.2) is 48.8 Å². The molecule has 4 rings (SSSR count). The topological polar surface area (TPSA) is 90.5 Å². The number of anilines is 1. The predicted molar refractivity (Wildman–Crippen MR) is 110 cm³/mol. The van der Waals surface area contributed by atoms with Crippen LogP contribution in [0, 0.1) is 13.8 Å². The number of pyridine rings is 1. The first-order valence-corrected chi connectivity index (χ1v) is 9.26. The summed E-state index contributed by atoms with van der Waals surface area (Å²) in [5.74, 6) is 0.815. The van der Waals surface area contributed by atoms with E-state index in [-0.39, 0.29) is 10.7 Å². The van der Waals surface area contributed by atoms with E-state index in [4.69, 9.17) is 11.6 Å². The molecule has 146 valence electrons. The fraction of sp³-hybridized carbons (Fsp3) is 0.150. The Hall–Kier alpha value is -3.52. The Morgan fingerprint density at radius 1 is 1.14 bits per heavy atom. The van der Waals surface area contributed by atoms with Crippen molar-refractivity contribution in [2.45, 2.75) is 13.8 Å². The standard InChI is InChI=1S/C20H18ClN7O/c1-12-9-13(2)28(26-12)17-8-7-16(21)18(24-17)20(29)23-15-6-4-5-14(10-15)19-25-22-11-27(19)3/h4-11H,1-3H3,(H,23,29). The molecule has 9 heteroatoms. The van der Waals surface area contributed by atoms with E-state index in [9.17, 15) is 4.79 Å². The number of aromatic nitrogens is 6. The lowest BCUT2D eigenvalue weighted by Gasteiger charge is -2.10. The maximum atomic E-state index is 12.9. The summed E-state index contributed by atoms with van der Waals surface area (Å²) in [7, 11) is 1.86. The second kappa shape index (κ2) is 7.48. The SMILES string of the molecule is Cc1cc(C)n(-c2ccc(Cl)c(C(=O)Nc3cccc(-c4nncn4C)c3)n2)n1. The summed E-state index contributed by atoms with van der Waals surface area (Å²) in [6, 6.07) is 12.7. The van der Waals surface area contributed by atoms with E-state index in [2.05, 4.69) is 25.6 Å². The number of halogens is 1. The van der Waals surface area contributed by atoms with Crippen molar-refractivity contribution in [3.05, 3.63) is 70.9 Å². The van der Waals surface area contributed by atoms with Crippen LogP contribution in [0.4, 0.5) is 5.69 Å². The number of carbonyl (C=O) groups is 1. The van der Waals surface area contributed by atoms with Crippen LogP contribution in [0.1, 0.15) is 21.9 Å². The van der Waals surface area contributed by atoms with E-state index in [1.165, 1.54) is 0 Å². The van der Waals surface area contributed by atoms with Gasteiger partial charge in [0.25, 0.3) is 5.91 Å². The molecular weight excluding hydrogens is 390 g/mol. The summed E-state index contributed by atoms with van der Waals surface area (Å²) in [5.41, 5.74) is 3.34. The maximum absolute atomic E-state index is 12.9. The third-order valence-electron chi connectivity index (χ3n) is 4.36. The van der Waals surface area contributed by atoms with Crippen molar-refractivity contribution in [3.63, 3.8) is 0 Å². The minimum absolute atomic E-state index is 0.126. The Bertz CT molecular complexity index is 1210. The van der Waals surface area contributed by atoms with Gasteiger partial charge in [-0.15, -0.1) is 10.2 Å². The zero-order valence-corrected chi connectivity index (χ0v) is 16.8. The van der Waals surface area contributed by atoms with Crippen LogP contribution in [0.3, 0.4) is 0 Å². The molecule has 8 nitrogen and oxygen atoms in total. The van der Waals surface area contributed by atoms with Crippen LogP contribution in [-0.2, 0) is 7.05 Å². The molecule has 0 radical (unpaired) electrons. The second-order valence-corrected chi connectivity index (χ2v) is 7.05. The highest BCUT2D eigenvalue weighted by atomic mass is 35.5. The fourth-order valence-corrected chi connectivity index (χ4v) is 3.23. The molecule has 0 unspecified atom stereocenters. The molecule has 3 aromatic heterocycles. The molecule has 1 N–H and O–H groups in total. The first-order valence-electron chi connectivity index (χ1n) is 8.88. The Morgan fingerprint density at radius 3 is 2.66 bits per heavy atom. The van der Waals surface area contributed by atoms with Gasteiger partial charge in [-0.2, -0.15) is 5.10 Å². The van der Waals surface area contributed by atoms with Crippen LogP contribution in [0.25, 0.3) is 17.2 Å². The first-order chi connectivity index (χ1) is 13.9. The zero-order chi connectivity index (χ0) is 20.5. The summed E-state index contributed by atoms with van der Waals surface area (Å²) >= 11 is 6.25. The number of hydrogen-bond acceptors (Lipinski definition) is 5. The number of rotatable bonds is 4. The molecule has 0 aliphatic carbocycles. The molecule has 1 amide bonds. The fourth-order valence-electron chi connectivity index (χ4n) is 3.04. The van der Waals surface area contributed by atoms with Gasteiger partial charge in [0.05, 0.1) is 10.7 Å². The van der Waals surface area contributed by atoms with Gasteiger partial charge in [-0.1, -0.05) is 23.7 Å². The lowest BCUT2D eigenvalue weighted by molar-refractivity contribution is 0.102. The lowest BCUT2D eigenvalue weighted by Crippen LogP contribution is -2.16. The molecule has 0 saturated carbocycles. The molecule has 1 aromatic carbocycles. The molecule has 0 saturated heterocycles. The minimum atomic E-state index is -0.409. The summed E-state index contributed by atoms with van der Waals surface area (Å²) < 4.78 is 3.48. The van der Waals surface area contributed by atoms with Crippen molar-refractivity contribution in [1.29, 1.82) is 0 Å². The van der Waals surface area contributed by atoms with Gasteiger partial charge in [0, 0.05) is 24.0 Å². The third-order valence-corrected chi connectivity index (χ3v) is 4.67. The number of nitrogens with zero attached hydrogens (tertiary/aromatic N) is 6. The number of benzene rings is 1. The number of nitrogens with one attached hydrogen (secondary N) is 1. The molecule has 29 heavy (non-hydrogen) atoms. The molecule has 0 bridgehead atoms. The van der Waals surface area contributed by atoms with Gasteiger partial charge in [0.2, 0.25) is 0 Å². The van der Waals surface area contributed by atoms with E-state index < -0.39 is 5.91 Å². The average Bonchev–Trinajstić information content (AvgIpc) is 3.27. The highest BCUT2D eigenvalue weighted by molar-refractivity contribution is 6.34. The van der Waals surface area contributed by atoms with Crippen molar-refractivity contribution < 1.29 is 4.79 Å². The van der Waals surface area contributed by atoms with Crippen molar-refractivity contribution in [2.75, 3.05) is 5.32 Å². The third kappa shape index (κ3) is 3.74. The highest BCUT2D eigenvalue weighted by Crippen LogP contribution is 2.22. The van der Waals surface area contributed by atoms with Gasteiger partial charge in [-0.05, 0) is 44.2 Å². The van der Waals surface area contributed by atoms with E-state index in [0.29, 0.717) is 17.3 Å². The van der Waals surface area contributed by atoms with Gasteiger partial charge >= 0.3 is 0 Å². The van der Waals surface area contributed by atoms with Gasteiger partial charge in [-0.3, -0.25) is 4.79 Å². The smallest absolute Gasteiger partial charge is 0.275 e. The van der Waals surface area contributed by atoms with E-state index in [1.54, 1.807) is 33.8 Å². The van der Waals surface area contributed by atoms with Crippen LogP contribution < -0.4 is 5.32 Å². The Labute approximate surface area is 172 Å². The Balaban J connectivity index is 1.63. The zero-order valence-electron chi connectivity index (χ0n) is 16.1. The van der Waals surface area contributed by atoms with Crippen molar-refractivity contribution in [2.24, 2.45) is 7.05 Å². The number of carbonyl (C=O) groups excluding carboxylic acids is 1. The number of amides is 1. The normalized spacial score (nSPS) is 10.9. The van der Waals surface area contributed by atoms with E-state index in [0.717, 1.165) is 17.0 Å². The van der Waals surface area contributed by atoms with Gasteiger partial charge in [0.1, 0.15) is 12.0 Å².